The summed E-state index contributed by atoms with van der Waals surface area (Å²) in [6.07, 6.45) is 1.38. The molecule has 7 nitrogen and oxygen atoms in total. The topological polar surface area (TPSA) is 94.1 Å². The third-order valence-corrected chi connectivity index (χ3v) is 2.85. The van der Waals surface area contributed by atoms with Gasteiger partial charge in [-0.1, -0.05) is 17.3 Å². The van der Waals surface area contributed by atoms with Crippen molar-refractivity contribution in [2.45, 2.75) is 13.0 Å². The van der Waals surface area contributed by atoms with E-state index in [1.807, 2.05) is 25.1 Å². The lowest BCUT2D eigenvalue weighted by Crippen LogP contribution is -2.17. The first-order valence-corrected chi connectivity index (χ1v) is 6.43. The Kier molecular flexibility index (Phi) is 4.44. The molecule has 1 aromatic carbocycles. The lowest BCUT2D eigenvalue weighted by atomic mass is 10.1. The highest BCUT2D eigenvalue weighted by molar-refractivity contribution is 6.07. The number of benzene rings is 1. The fraction of sp³-hybridized carbons (Fsp3) is 0.286. The number of Topliss-reactive ketones (excluding diaryl/α,β-unsaturated/α-hetero) is 1. The van der Waals surface area contributed by atoms with E-state index in [0.717, 1.165) is 11.4 Å². The summed E-state index contributed by atoms with van der Waals surface area (Å²) in [4.78, 5) is 24.7. The Bertz CT molecular complexity index is 663. The van der Waals surface area contributed by atoms with Crippen LogP contribution in [0.4, 0.5) is 0 Å². The second-order valence-corrected chi connectivity index (χ2v) is 4.99. The van der Waals surface area contributed by atoms with Crippen molar-refractivity contribution in [2.75, 3.05) is 14.1 Å². The van der Waals surface area contributed by atoms with Gasteiger partial charge < -0.3 is 10.6 Å². The van der Waals surface area contributed by atoms with Gasteiger partial charge in [0.15, 0.2) is 5.78 Å². The molecule has 21 heavy (non-hydrogen) atoms. The standard InChI is InChI=1S/C14H17N5O2/c1-18(2)9-12-8-16-17-19(12)11-5-3-4-10(6-11)13(20)7-14(15)21/h3-6,8H,7,9H2,1-2H3,(H2,15,21). The van der Waals surface area contributed by atoms with Crippen LogP contribution in [0.25, 0.3) is 5.69 Å². The molecule has 2 rings (SSSR count). The Morgan fingerprint density at radius 3 is 2.76 bits per heavy atom. The molecule has 7 heteroatoms. The van der Waals surface area contributed by atoms with E-state index in [0.29, 0.717) is 12.1 Å². The van der Waals surface area contributed by atoms with Crippen molar-refractivity contribution in [3.63, 3.8) is 0 Å². The maximum atomic E-state index is 11.9. The molecule has 2 aromatic rings. The summed E-state index contributed by atoms with van der Waals surface area (Å²) in [5, 5.41) is 7.94. The smallest absolute Gasteiger partial charge is 0.225 e. The predicted molar refractivity (Wildman–Crippen MR) is 76.9 cm³/mol. The van der Waals surface area contributed by atoms with Crippen LogP contribution in [-0.2, 0) is 11.3 Å². The number of rotatable bonds is 6. The predicted octanol–water partition coefficient (Wildman–Crippen LogP) is 0.387. The zero-order valence-corrected chi connectivity index (χ0v) is 12.0. The minimum atomic E-state index is -0.639. The number of aromatic nitrogens is 3. The zero-order valence-electron chi connectivity index (χ0n) is 12.0. The van der Waals surface area contributed by atoms with E-state index >= 15 is 0 Å². The molecule has 110 valence electrons. The van der Waals surface area contributed by atoms with Gasteiger partial charge in [-0.25, -0.2) is 4.68 Å². The number of carbonyl (C=O) groups is 2. The van der Waals surface area contributed by atoms with Crippen LogP contribution >= 0.6 is 0 Å². The summed E-state index contributed by atoms with van der Waals surface area (Å²) < 4.78 is 1.67. The van der Waals surface area contributed by atoms with Crippen LogP contribution in [0.3, 0.4) is 0 Å². The summed E-state index contributed by atoms with van der Waals surface area (Å²) >= 11 is 0. The monoisotopic (exact) mass is 287 g/mol. The molecule has 0 aliphatic carbocycles. The van der Waals surface area contributed by atoms with Gasteiger partial charge in [-0.3, -0.25) is 9.59 Å². The third kappa shape index (κ3) is 3.73. The molecule has 1 heterocycles. The first kappa shape index (κ1) is 14.9. The van der Waals surface area contributed by atoms with Gasteiger partial charge in [-0.15, -0.1) is 5.10 Å². The van der Waals surface area contributed by atoms with Crippen molar-refractivity contribution >= 4 is 11.7 Å². The number of nitrogens with two attached hydrogens (primary N) is 1. The van der Waals surface area contributed by atoms with Gasteiger partial charge in [-0.2, -0.15) is 0 Å². The van der Waals surface area contributed by atoms with Crippen LogP contribution in [0.2, 0.25) is 0 Å². The van der Waals surface area contributed by atoms with E-state index in [2.05, 4.69) is 10.3 Å². The molecule has 0 aliphatic heterocycles. The van der Waals surface area contributed by atoms with Gasteiger partial charge in [0.1, 0.15) is 0 Å². The Morgan fingerprint density at radius 2 is 2.10 bits per heavy atom. The lowest BCUT2D eigenvalue weighted by Gasteiger charge is -2.11. The van der Waals surface area contributed by atoms with Crippen molar-refractivity contribution in [3.8, 4) is 5.69 Å². The van der Waals surface area contributed by atoms with Crippen molar-refractivity contribution < 1.29 is 9.59 Å². The second kappa shape index (κ2) is 6.27. The number of hydrogen-bond acceptors (Lipinski definition) is 5. The average molecular weight is 287 g/mol. The maximum Gasteiger partial charge on any atom is 0.225 e. The van der Waals surface area contributed by atoms with Gasteiger partial charge in [0.2, 0.25) is 5.91 Å². The zero-order chi connectivity index (χ0) is 15.4. The van der Waals surface area contributed by atoms with Crippen LogP contribution in [-0.4, -0.2) is 45.7 Å². The number of hydrogen-bond donors (Lipinski definition) is 1. The molecule has 1 amide bonds. The summed E-state index contributed by atoms with van der Waals surface area (Å²) in [7, 11) is 3.90. The molecular formula is C14H17N5O2. The van der Waals surface area contributed by atoms with Crippen LogP contribution in [0.5, 0.6) is 0 Å². The molecule has 0 aliphatic rings. The van der Waals surface area contributed by atoms with Crippen molar-refractivity contribution in [3.05, 3.63) is 41.7 Å². The quantitative estimate of drug-likeness (QED) is 0.612. The van der Waals surface area contributed by atoms with E-state index < -0.39 is 5.91 Å². The minimum absolute atomic E-state index is 0.300. The van der Waals surface area contributed by atoms with Crippen LogP contribution in [0.1, 0.15) is 22.5 Å². The van der Waals surface area contributed by atoms with Gasteiger partial charge in [0.25, 0.3) is 0 Å². The largest absolute Gasteiger partial charge is 0.369 e. The molecule has 0 spiro atoms. The summed E-state index contributed by atoms with van der Waals surface area (Å²) in [6, 6.07) is 6.90. The van der Waals surface area contributed by atoms with Crippen LogP contribution in [0.15, 0.2) is 30.5 Å². The van der Waals surface area contributed by atoms with Gasteiger partial charge in [0.05, 0.1) is 24.0 Å². The highest BCUT2D eigenvalue weighted by Gasteiger charge is 2.12. The molecule has 0 bridgehead atoms. The first-order valence-electron chi connectivity index (χ1n) is 6.43. The molecule has 0 atom stereocenters. The van der Waals surface area contributed by atoms with E-state index in [1.54, 1.807) is 29.1 Å². The number of carbonyl (C=O) groups excluding carboxylic acids is 2. The summed E-state index contributed by atoms with van der Waals surface area (Å²) in [5.41, 5.74) is 7.10. The second-order valence-electron chi connectivity index (χ2n) is 4.99. The normalized spacial score (nSPS) is 10.8. The van der Waals surface area contributed by atoms with Crippen molar-refractivity contribution in [1.82, 2.24) is 19.9 Å². The van der Waals surface area contributed by atoms with E-state index in [-0.39, 0.29) is 12.2 Å². The van der Waals surface area contributed by atoms with Gasteiger partial charge >= 0.3 is 0 Å². The Labute approximate surface area is 122 Å². The summed E-state index contributed by atoms with van der Waals surface area (Å²) in [5.74, 6) is -0.946. The molecule has 0 radical (unpaired) electrons. The molecule has 0 unspecified atom stereocenters. The van der Waals surface area contributed by atoms with Crippen LogP contribution < -0.4 is 5.73 Å². The van der Waals surface area contributed by atoms with Crippen LogP contribution in [0, 0.1) is 0 Å². The average Bonchev–Trinajstić information content (AvgIpc) is 2.85. The number of nitrogens with zero attached hydrogens (tertiary/aromatic N) is 4. The highest BCUT2D eigenvalue weighted by atomic mass is 16.2. The Balaban J connectivity index is 2.31. The molecule has 0 fully saturated rings. The number of ketones is 1. The first-order chi connectivity index (χ1) is 9.97. The number of amides is 1. The fourth-order valence-electron chi connectivity index (χ4n) is 1.98. The number of primary amides is 1. The van der Waals surface area contributed by atoms with E-state index in [4.69, 9.17) is 5.73 Å². The molecule has 0 saturated heterocycles. The Hall–Kier alpha value is -2.54. The lowest BCUT2D eigenvalue weighted by molar-refractivity contribution is -0.117. The summed E-state index contributed by atoms with van der Waals surface area (Å²) in [6.45, 7) is 0.673. The highest BCUT2D eigenvalue weighted by Crippen LogP contribution is 2.14. The maximum absolute atomic E-state index is 11.9. The van der Waals surface area contributed by atoms with E-state index in [9.17, 15) is 9.59 Å². The SMILES string of the molecule is CN(C)Cc1cnnn1-c1cccc(C(=O)CC(N)=O)c1. The van der Waals surface area contributed by atoms with Crippen molar-refractivity contribution in [2.24, 2.45) is 5.73 Å². The molecule has 2 N–H and O–H groups in total. The Morgan fingerprint density at radius 1 is 1.33 bits per heavy atom. The third-order valence-electron chi connectivity index (χ3n) is 2.85. The molecule has 1 aromatic heterocycles. The minimum Gasteiger partial charge on any atom is -0.369 e. The fourth-order valence-corrected chi connectivity index (χ4v) is 1.98. The molecular weight excluding hydrogens is 270 g/mol. The van der Waals surface area contributed by atoms with Gasteiger partial charge in [0, 0.05) is 12.1 Å². The molecule has 0 saturated carbocycles. The van der Waals surface area contributed by atoms with Crippen molar-refractivity contribution in [1.29, 1.82) is 0 Å². The van der Waals surface area contributed by atoms with E-state index in [1.165, 1.54) is 0 Å². The van der Waals surface area contributed by atoms with Gasteiger partial charge in [-0.05, 0) is 26.2 Å².